The number of aliphatic hydroxyl groups excluding tert-OH is 1. The first kappa shape index (κ1) is 20.9. The third kappa shape index (κ3) is 2.83. The van der Waals surface area contributed by atoms with E-state index < -0.39 is 47.0 Å². The fraction of sp³-hybridized carbons (Fsp3) is 0.455. The van der Waals surface area contributed by atoms with Gasteiger partial charge < -0.3 is 14.6 Å². The molecule has 1 aromatic rings. The Morgan fingerprint density at radius 2 is 2.10 bits per heavy atom. The van der Waals surface area contributed by atoms with E-state index in [1.165, 1.54) is 19.1 Å². The van der Waals surface area contributed by atoms with Crippen molar-refractivity contribution < 1.29 is 33.8 Å². The second-order valence-electron chi connectivity index (χ2n) is 7.96. The zero-order valence-corrected chi connectivity index (χ0v) is 16.7. The van der Waals surface area contributed by atoms with Crippen molar-refractivity contribution in [1.82, 2.24) is 0 Å². The monoisotopic (exact) mass is 400 g/mol. The predicted molar refractivity (Wildman–Crippen MR) is 102 cm³/mol. The predicted octanol–water partition coefficient (Wildman–Crippen LogP) is 2.04. The van der Waals surface area contributed by atoms with E-state index in [-0.39, 0.29) is 30.1 Å². The number of aliphatic hydroxyl groups is 1. The zero-order chi connectivity index (χ0) is 21.6. The summed E-state index contributed by atoms with van der Waals surface area (Å²) in [6.07, 6.45) is 1.33. The van der Waals surface area contributed by atoms with Crippen LogP contribution in [0.3, 0.4) is 0 Å². The van der Waals surface area contributed by atoms with Crippen LogP contribution in [0.2, 0.25) is 0 Å². The maximum Gasteiger partial charge on any atom is 0.327 e. The summed E-state index contributed by atoms with van der Waals surface area (Å²) in [4.78, 5) is 51.6. The quantitative estimate of drug-likeness (QED) is 0.349. The van der Waals surface area contributed by atoms with E-state index in [0.29, 0.717) is 5.56 Å². The number of Topliss-reactive ketones (excluding diaryl/α,β-unsaturated/α-hetero) is 2. The molecule has 1 spiro atoms. The zero-order valence-electron chi connectivity index (χ0n) is 16.7. The maximum atomic E-state index is 13.9. The summed E-state index contributed by atoms with van der Waals surface area (Å²) in [5.74, 6) is -4.33. The summed E-state index contributed by atoms with van der Waals surface area (Å²) >= 11 is 0. The summed E-state index contributed by atoms with van der Waals surface area (Å²) in [5.41, 5.74) is -2.25. The summed E-state index contributed by atoms with van der Waals surface area (Å²) in [7, 11) is 0. The van der Waals surface area contributed by atoms with Gasteiger partial charge in [-0.1, -0.05) is 25.1 Å². The van der Waals surface area contributed by atoms with Gasteiger partial charge in [-0.25, -0.2) is 0 Å². The number of hydrogen-bond donors (Lipinski definition) is 1. The Hall–Kier alpha value is -2.80. The van der Waals surface area contributed by atoms with Crippen LogP contribution in [-0.4, -0.2) is 41.8 Å². The molecule has 4 atom stereocenters. The average molecular weight is 400 g/mol. The lowest BCUT2D eigenvalue weighted by atomic mass is 9.56. The van der Waals surface area contributed by atoms with Crippen molar-refractivity contribution in [3.63, 3.8) is 0 Å². The normalized spacial score (nSPS) is 29.4. The van der Waals surface area contributed by atoms with Crippen LogP contribution < -0.4 is 4.74 Å². The van der Waals surface area contributed by atoms with Gasteiger partial charge in [-0.2, -0.15) is 0 Å². The molecular weight excluding hydrogens is 376 g/mol. The van der Waals surface area contributed by atoms with Gasteiger partial charge in [0.25, 0.3) is 0 Å². The first-order valence-electron chi connectivity index (χ1n) is 9.41. The molecule has 2 aliphatic rings. The lowest BCUT2D eigenvalue weighted by Crippen LogP contribution is -2.58. The molecule has 1 aromatic carbocycles. The minimum absolute atomic E-state index is 0.111. The Morgan fingerprint density at radius 3 is 2.69 bits per heavy atom. The van der Waals surface area contributed by atoms with E-state index in [9.17, 15) is 24.3 Å². The average Bonchev–Trinajstić information content (AvgIpc) is 2.89. The molecule has 1 heterocycles. The molecule has 7 nitrogen and oxygen atoms in total. The smallest absolute Gasteiger partial charge is 0.327 e. The number of aryl methyl sites for hydroxylation is 1. The molecule has 0 saturated heterocycles. The largest absolute Gasteiger partial charge is 0.465 e. The molecule has 1 saturated carbocycles. The molecule has 0 bridgehead atoms. The molecule has 1 aliphatic carbocycles. The minimum atomic E-state index is -1.89. The number of esters is 2. The van der Waals surface area contributed by atoms with Gasteiger partial charge in [-0.3, -0.25) is 19.2 Å². The Kier molecular flexibility index (Phi) is 5.21. The number of allylic oxidation sites excluding steroid dienone is 1. The molecule has 0 radical (unpaired) electrons. The SMILES string of the molecule is C=C[C@]1(C)CC(=O)[C@@H]([C@@H](CO)COC(C)=O)[C@@]12C(=O)Oc1cccc(C)c1C2=O. The molecule has 3 rings (SSSR count). The Morgan fingerprint density at radius 1 is 1.41 bits per heavy atom. The molecule has 0 unspecified atom stereocenters. The number of rotatable bonds is 5. The highest BCUT2D eigenvalue weighted by Gasteiger charge is 2.73. The van der Waals surface area contributed by atoms with E-state index in [1.54, 1.807) is 26.0 Å². The first-order valence-corrected chi connectivity index (χ1v) is 9.41. The lowest BCUT2D eigenvalue weighted by molar-refractivity contribution is -0.156. The number of hydrogen-bond acceptors (Lipinski definition) is 7. The molecule has 29 heavy (non-hydrogen) atoms. The Bertz CT molecular complexity index is 918. The second kappa shape index (κ2) is 7.22. The molecule has 7 heteroatoms. The van der Waals surface area contributed by atoms with E-state index in [1.807, 2.05) is 0 Å². The second-order valence-corrected chi connectivity index (χ2v) is 7.96. The van der Waals surface area contributed by atoms with Crippen LogP contribution in [0, 0.1) is 29.6 Å². The van der Waals surface area contributed by atoms with E-state index in [4.69, 9.17) is 9.47 Å². The third-order valence-corrected chi connectivity index (χ3v) is 6.26. The number of ketones is 2. The Balaban J connectivity index is 2.25. The van der Waals surface area contributed by atoms with Crippen LogP contribution >= 0.6 is 0 Å². The molecule has 1 N–H and O–H groups in total. The van der Waals surface area contributed by atoms with Crippen molar-refractivity contribution in [1.29, 1.82) is 0 Å². The van der Waals surface area contributed by atoms with Crippen LogP contribution in [0.15, 0.2) is 30.9 Å². The van der Waals surface area contributed by atoms with Gasteiger partial charge in [0, 0.05) is 31.3 Å². The van der Waals surface area contributed by atoms with Crippen LogP contribution in [0.5, 0.6) is 5.75 Å². The lowest BCUT2D eigenvalue weighted by Gasteiger charge is -2.45. The van der Waals surface area contributed by atoms with Crippen LogP contribution in [0.1, 0.15) is 36.2 Å². The highest BCUT2D eigenvalue weighted by atomic mass is 16.5. The maximum absolute atomic E-state index is 13.9. The topological polar surface area (TPSA) is 107 Å². The van der Waals surface area contributed by atoms with Crippen LogP contribution in [-0.2, 0) is 19.1 Å². The van der Waals surface area contributed by atoms with Crippen molar-refractivity contribution in [2.75, 3.05) is 13.2 Å². The van der Waals surface area contributed by atoms with Gasteiger partial charge in [-0.15, -0.1) is 6.58 Å². The standard InChI is InChI=1S/C22H24O7/c1-5-21(4)9-15(25)18(14(10-23)11-28-13(3)24)22(21)19(26)17-12(2)7-6-8-16(17)29-20(22)27/h5-8,14,18,23H,1,9-11H2,2-4H3/t14-,18+,21+,22+/m0/s1. The van der Waals surface area contributed by atoms with Crippen molar-refractivity contribution in [2.45, 2.75) is 27.2 Å². The number of ether oxygens (including phenoxy) is 2. The van der Waals surface area contributed by atoms with Gasteiger partial charge in [-0.05, 0) is 18.6 Å². The summed E-state index contributed by atoms with van der Waals surface area (Å²) < 4.78 is 10.6. The van der Waals surface area contributed by atoms with E-state index >= 15 is 0 Å². The molecule has 154 valence electrons. The number of carbonyl (C=O) groups is 4. The number of benzene rings is 1. The van der Waals surface area contributed by atoms with Crippen molar-refractivity contribution >= 4 is 23.5 Å². The minimum Gasteiger partial charge on any atom is -0.465 e. The first-order chi connectivity index (χ1) is 13.6. The van der Waals surface area contributed by atoms with Gasteiger partial charge in [0.2, 0.25) is 0 Å². The third-order valence-electron chi connectivity index (χ3n) is 6.26. The van der Waals surface area contributed by atoms with Crippen LogP contribution in [0.4, 0.5) is 0 Å². The molecule has 0 amide bonds. The molecule has 1 aliphatic heterocycles. The summed E-state index contributed by atoms with van der Waals surface area (Å²) in [6, 6.07) is 4.93. The highest BCUT2D eigenvalue weighted by Crippen LogP contribution is 2.61. The van der Waals surface area contributed by atoms with Gasteiger partial charge >= 0.3 is 11.9 Å². The fourth-order valence-electron chi connectivity index (χ4n) is 4.78. The van der Waals surface area contributed by atoms with Crippen molar-refractivity contribution in [2.24, 2.45) is 22.7 Å². The van der Waals surface area contributed by atoms with E-state index in [2.05, 4.69) is 6.58 Å². The highest BCUT2D eigenvalue weighted by molar-refractivity contribution is 6.22. The molecular formula is C22H24O7. The van der Waals surface area contributed by atoms with E-state index in [0.717, 1.165) is 0 Å². The van der Waals surface area contributed by atoms with Crippen LogP contribution in [0.25, 0.3) is 0 Å². The molecule has 1 fully saturated rings. The number of fused-ring (bicyclic) bond motifs is 1. The van der Waals surface area contributed by atoms with Gasteiger partial charge in [0.1, 0.15) is 11.5 Å². The van der Waals surface area contributed by atoms with Gasteiger partial charge in [0.15, 0.2) is 11.2 Å². The van der Waals surface area contributed by atoms with Crippen molar-refractivity contribution in [3.05, 3.63) is 42.0 Å². The molecule has 0 aromatic heterocycles. The van der Waals surface area contributed by atoms with Crippen molar-refractivity contribution in [3.8, 4) is 5.75 Å². The van der Waals surface area contributed by atoms with Gasteiger partial charge in [0.05, 0.1) is 18.1 Å². The number of carbonyl (C=O) groups excluding carboxylic acids is 4. The Labute approximate surface area is 168 Å². The summed E-state index contributed by atoms with van der Waals surface area (Å²) in [6.45, 7) is 7.50. The fourth-order valence-corrected chi connectivity index (χ4v) is 4.78. The summed E-state index contributed by atoms with van der Waals surface area (Å²) in [5, 5.41) is 9.96.